The van der Waals surface area contributed by atoms with E-state index in [1.165, 1.54) is 6.07 Å². The average Bonchev–Trinajstić information content (AvgIpc) is 2.23. The Morgan fingerprint density at radius 2 is 1.87 bits per heavy atom. The number of hydrogen-bond donors (Lipinski definition) is 0. The maximum Gasteiger partial charge on any atom is 0.159 e. The minimum Gasteiger partial charge on any atom is -0.249 e. The highest BCUT2D eigenvalue weighted by molar-refractivity contribution is 9.10. The lowest BCUT2D eigenvalue weighted by molar-refractivity contribution is 0.509. The summed E-state index contributed by atoms with van der Waals surface area (Å²) in [6, 6.07) is 7.28. The molecule has 2 rings (SSSR count). The number of halogens is 3. The number of rotatable bonds is 1. The van der Waals surface area contributed by atoms with Gasteiger partial charge in [0.15, 0.2) is 11.6 Å². The van der Waals surface area contributed by atoms with Crippen LogP contribution in [0, 0.1) is 11.6 Å². The van der Waals surface area contributed by atoms with Crippen molar-refractivity contribution in [2.24, 2.45) is 0 Å². The molecule has 0 fully saturated rings. The number of aromatic nitrogens is 1. The second-order valence-electron chi connectivity index (χ2n) is 2.97. The molecule has 1 nitrogen and oxygen atoms in total. The molecule has 0 atom stereocenters. The van der Waals surface area contributed by atoms with Gasteiger partial charge < -0.3 is 0 Å². The Labute approximate surface area is 93.9 Å². The first kappa shape index (κ1) is 10.2. The normalized spacial score (nSPS) is 10.3. The molecule has 1 aromatic heterocycles. The standard InChI is InChI=1S/C11H6BrF2N/c12-11-8(2-1-5-15-11)7-3-4-9(13)10(14)6-7/h1-6H. The highest BCUT2D eigenvalue weighted by atomic mass is 79.9. The van der Waals surface area contributed by atoms with Crippen LogP contribution in [0.4, 0.5) is 8.78 Å². The molecule has 4 heteroatoms. The van der Waals surface area contributed by atoms with Crippen LogP contribution >= 0.6 is 15.9 Å². The Hall–Kier alpha value is -1.29. The van der Waals surface area contributed by atoms with Crippen LogP contribution in [-0.2, 0) is 0 Å². The Bertz CT molecular complexity index is 500. The van der Waals surface area contributed by atoms with E-state index >= 15 is 0 Å². The van der Waals surface area contributed by atoms with Gasteiger partial charge in [0.25, 0.3) is 0 Å². The molecule has 0 aliphatic heterocycles. The second-order valence-corrected chi connectivity index (χ2v) is 3.72. The fourth-order valence-electron chi connectivity index (χ4n) is 1.27. The summed E-state index contributed by atoms with van der Waals surface area (Å²) in [6.45, 7) is 0. The van der Waals surface area contributed by atoms with Crippen molar-refractivity contribution < 1.29 is 8.78 Å². The predicted molar refractivity (Wildman–Crippen MR) is 57.3 cm³/mol. The minimum atomic E-state index is -0.858. The van der Waals surface area contributed by atoms with Gasteiger partial charge in [0, 0.05) is 11.8 Å². The minimum absolute atomic E-state index is 0.592. The van der Waals surface area contributed by atoms with Gasteiger partial charge in [-0.25, -0.2) is 13.8 Å². The van der Waals surface area contributed by atoms with Crippen LogP contribution in [0.15, 0.2) is 41.1 Å². The van der Waals surface area contributed by atoms with Gasteiger partial charge in [0.1, 0.15) is 4.60 Å². The van der Waals surface area contributed by atoms with Crippen LogP contribution in [-0.4, -0.2) is 4.98 Å². The van der Waals surface area contributed by atoms with Gasteiger partial charge in [-0.2, -0.15) is 0 Å². The maximum absolute atomic E-state index is 13.0. The van der Waals surface area contributed by atoms with Gasteiger partial charge in [-0.05, 0) is 39.7 Å². The van der Waals surface area contributed by atoms with Crippen LogP contribution in [0.5, 0.6) is 0 Å². The number of nitrogens with zero attached hydrogens (tertiary/aromatic N) is 1. The molecule has 0 radical (unpaired) electrons. The van der Waals surface area contributed by atoms with E-state index < -0.39 is 11.6 Å². The van der Waals surface area contributed by atoms with Crippen LogP contribution in [0.25, 0.3) is 11.1 Å². The van der Waals surface area contributed by atoms with Crippen molar-refractivity contribution in [2.45, 2.75) is 0 Å². The van der Waals surface area contributed by atoms with E-state index in [4.69, 9.17) is 0 Å². The highest BCUT2D eigenvalue weighted by Crippen LogP contribution is 2.26. The summed E-state index contributed by atoms with van der Waals surface area (Å²) >= 11 is 3.25. The van der Waals surface area contributed by atoms with E-state index in [0.717, 1.165) is 17.7 Å². The smallest absolute Gasteiger partial charge is 0.159 e. The predicted octanol–water partition coefficient (Wildman–Crippen LogP) is 3.79. The third-order valence-electron chi connectivity index (χ3n) is 1.99. The van der Waals surface area contributed by atoms with E-state index in [1.54, 1.807) is 18.3 Å². The van der Waals surface area contributed by atoms with E-state index in [9.17, 15) is 8.78 Å². The number of benzene rings is 1. The molecule has 0 amide bonds. The lowest BCUT2D eigenvalue weighted by Crippen LogP contribution is -1.87. The van der Waals surface area contributed by atoms with Crippen molar-refractivity contribution in [3.8, 4) is 11.1 Å². The van der Waals surface area contributed by atoms with Crippen LogP contribution < -0.4 is 0 Å². The third-order valence-corrected chi connectivity index (χ3v) is 2.62. The molecule has 0 N–H and O–H groups in total. The van der Waals surface area contributed by atoms with Crippen molar-refractivity contribution in [3.05, 3.63) is 52.8 Å². The fourth-order valence-corrected chi connectivity index (χ4v) is 1.74. The third kappa shape index (κ3) is 2.04. The monoisotopic (exact) mass is 269 g/mol. The average molecular weight is 270 g/mol. The molecule has 0 bridgehead atoms. The molecular formula is C11H6BrF2N. The van der Waals surface area contributed by atoms with Gasteiger partial charge in [0.2, 0.25) is 0 Å². The number of pyridine rings is 1. The summed E-state index contributed by atoms with van der Waals surface area (Å²) in [5.41, 5.74) is 1.32. The van der Waals surface area contributed by atoms with Crippen molar-refractivity contribution >= 4 is 15.9 Å². The molecule has 76 valence electrons. The molecule has 1 heterocycles. The molecule has 0 aliphatic carbocycles. The Balaban J connectivity index is 2.55. The summed E-state index contributed by atoms with van der Waals surface area (Å²) in [5.74, 6) is -1.71. The second kappa shape index (κ2) is 4.06. The van der Waals surface area contributed by atoms with Gasteiger partial charge in [-0.15, -0.1) is 0 Å². The van der Waals surface area contributed by atoms with Crippen molar-refractivity contribution in [1.82, 2.24) is 4.98 Å². The van der Waals surface area contributed by atoms with E-state index in [1.807, 2.05) is 0 Å². The van der Waals surface area contributed by atoms with Gasteiger partial charge in [-0.3, -0.25) is 0 Å². The number of hydrogen-bond acceptors (Lipinski definition) is 1. The first-order valence-electron chi connectivity index (χ1n) is 4.24. The summed E-state index contributed by atoms with van der Waals surface area (Å²) in [4.78, 5) is 4.01. The zero-order valence-electron chi connectivity index (χ0n) is 7.55. The van der Waals surface area contributed by atoms with Gasteiger partial charge in [-0.1, -0.05) is 12.1 Å². The largest absolute Gasteiger partial charge is 0.249 e. The Morgan fingerprint density at radius 1 is 1.07 bits per heavy atom. The summed E-state index contributed by atoms with van der Waals surface area (Å²) in [5, 5.41) is 0. The summed E-state index contributed by atoms with van der Waals surface area (Å²) in [6.07, 6.45) is 1.62. The van der Waals surface area contributed by atoms with Crippen molar-refractivity contribution in [3.63, 3.8) is 0 Å². The molecule has 0 aliphatic rings. The topological polar surface area (TPSA) is 12.9 Å². The molecule has 0 saturated heterocycles. The van der Waals surface area contributed by atoms with E-state index in [0.29, 0.717) is 10.2 Å². The van der Waals surface area contributed by atoms with Crippen LogP contribution in [0.1, 0.15) is 0 Å². The van der Waals surface area contributed by atoms with Gasteiger partial charge >= 0.3 is 0 Å². The van der Waals surface area contributed by atoms with E-state index in [-0.39, 0.29) is 0 Å². The summed E-state index contributed by atoms with van der Waals surface area (Å²) < 4.78 is 26.3. The molecule has 0 unspecified atom stereocenters. The lowest BCUT2D eigenvalue weighted by Gasteiger charge is -2.03. The lowest BCUT2D eigenvalue weighted by atomic mass is 10.1. The molecule has 0 spiro atoms. The fraction of sp³-hybridized carbons (Fsp3) is 0. The van der Waals surface area contributed by atoms with Crippen LogP contribution in [0.2, 0.25) is 0 Å². The SMILES string of the molecule is Fc1ccc(-c2cccnc2Br)cc1F. The molecular weight excluding hydrogens is 264 g/mol. The quantitative estimate of drug-likeness (QED) is 0.718. The van der Waals surface area contributed by atoms with Crippen molar-refractivity contribution in [1.29, 1.82) is 0 Å². The zero-order chi connectivity index (χ0) is 10.8. The highest BCUT2D eigenvalue weighted by Gasteiger charge is 2.07. The Morgan fingerprint density at radius 3 is 2.53 bits per heavy atom. The van der Waals surface area contributed by atoms with E-state index in [2.05, 4.69) is 20.9 Å². The van der Waals surface area contributed by atoms with Crippen molar-refractivity contribution in [2.75, 3.05) is 0 Å². The molecule has 0 saturated carbocycles. The van der Waals surface area contributed by atoms with Gasteiger partial charge in [0.05, 0.1) is 0 Å². The van der Waals surface area contributed by atoms with Crippen LogP contribution in [0.3, 0.4) is 0 Å². The first-order valence-corrected chi connectivity index (χ1v) is 5.04. The first-order chi connectivity index (χ1) is 7.18. The Kier molecular flexibility index (Phi) is 2.77. The molecule has 15 heavy (non-hydrogen) atoms. The molecule has 2 aromatic rings. The maximum atomic E-state index is 13.0. The summed E-state index contributed by atoms with van der Waals surface area (Å²) in [7, 11) is 0. The molecule has 1 aromatic carbocycles. The zero-order valence-corrected chi connectivity index (χ0v) is 9.13.